The van der Waals surface area contributed by atoms with E-state index in [1.54, 1.807) is 6.20 Å². The molecule has 0 saturated heterocycles. The van der Waals surface area contributed by atoms with Crippen molar-refractivity contribution in [3.05, 3.63) is 23.9 Å². The van der Waals surface area contributed by atoms with Gasteiger partial charge in [0.25, 0.3) is 0 Å². The number of hydrogen-bond donors (Lipinski definition) is 0. The third-order valence-corrected chi connectivity index (χ3v) is 1.54. The van der Waals surface area contributed by atoms with Crippen LogP contribution >= 0.6 is 0 Å². The molecule has 0 fully saturated rings. The van der Waals surface area contributed by atoms with Gasteiger partial charge in [-0.15, -0.1) is 0 Å². The molecule has 0 aliphatic carbocycles. The van der Waals surface area contributed by atoms with Gasteiger partial charge in [-0.05, 0) is 30.7 Å². The first-order valence-electron chi connectivity index (χ1n) is 3.81. The lowest BCUT2D eigenvalue weighted by molar-refractivity contribution is 0.516. The van der Waals surface area contributed by atoms with Crippen LogP contribution in [0.5, 0.6) is 0 Å². The van der Waals surface area contributed by atoms with Crippen LogP contribution in [-0.4, -0.2) is 6.72 Å². The summed E-state index contributed by atoms with van der Waals surface area (Å²) in [4.78, 5) is 3.67. The molecule has 0 bridgehead atoms. The monoisotopic (exact) mass is 151 g/mol. The Morgan fingerprint density at radius 2 is 1.91 bits per heavy atom. The topological polar surface area (TPSA) is 12.4 Å². The van der Waals surface area contributed by atoms with Gasteiger partial charge in [0.05, 0.1) is 0 Å². The highest BCUT2D eigenvalue weighted by Gasteiger charge is 2.12. The molecule has 0 radical (unpaired) electrons. The molecule has 0 amide bonds. The Morgan fingerprint density at radius 1 is 1.36 bits per heavy atom. The van der Waals surface area contributed by atoms with Gasteiger partial charge in [0, 0.05) is 6.20 Å². The molecule has 0 atom stereocenters. The van der Waals surface area contributed by atoms with Crippen LogP contribution in [-0.2, 0) is 0 Å². The molecular formula is C10H17N. The number of rotatable bonds is 2. The molecule has 0 aliphatic rings. The minimum absolute atomic E-state index is 0.204. The molecule has 0 heterocycles. The third kappa shape index (κ3) is 3.76. The van der Waals surface area contributed by atoms with Crippen LogP contribution in [0.4, 0.5) is 0 Å². The van der Waals surface area contributed by atoms with Crippen LogP contribution in [0.25, 0.3) is 0 Å². The molecule has 1 nitrogen and oxygen atoms in total. The van der Waals surface area contributed by atoms with E-state index in [2.05, 4.69) is 38.6 Å². The van der Waals surface area contributed by atoms with Crippen LogP contribution in [0.2, 0.25) is 0 Å². The fourth-order valence-electron chi connectivity index (χ4n) is 0.912. The Labute approximate surface area is 69.5 Å². The normalized spacial score (nSPS) is 14.0. The minimum atomic E-state index is 0.204. The zero-order valence-corrected chi connectivity index (χ0v) is 7.89. The number of nitrogens with zero attached hydrogens (tertiary/aromatic N) is 1. The van der Waals surface area contributed by atoms with Gasteiger partial charge in [0.15, 0.2) is 0 Å². The summed E-state index contributed by atoms with van der Waals surface area (Å²) in [7, 11) is 0. The van der Waals surface area contributed by atoms with Crippen LogP contribution in [0.3, 0.4) is 0 Å². The van der Waals surface area contributed by atoms with Crippen LogP contribution in [0.15, 0.2) is 28.9 Å². The van der Waals surface area contributed by atoms with Gasteiger partial charge < -0.3 is 0 Å². The maximum Gasteiger partial charge on any atom is 0.0263 e. The Hall–Kier alpha value is -0.850. The largest absolute Gasteiger partial charge is 0.273 e. The van der Waals surface area contributed by atoms with Crippen molar-refractivity contribution in [2.45, 2.75) is 27.7 Å². The third-order valence-electron chi connectivity index (χ3n) is 1.54. The maximum atomic E-state index is 3.67. The van der Waals surface area contributed by atoms with Gasteiger partial charge >= 0.3 is 0 Å². The zero-order chi connectivity index (χ0) is 8.91. The Bertz CT molecular complexity index is 180. The van der Waals surface area contributed by atoms with Crippen molar-refractivity contribution in [2.75, 3.05) is 0 Å². The SMILES string of the molecule is C=N/C=C\C(=C/C)C(C)(C)C. The van der Waals surface area contributed by atoms with Crippen molar-refractivity contribution in [1.29, 1.82) is 0 Å². The fraction of sp³-hybridized carbons (Fsp3) is 0.500. The van der Waals surface area contributed by atoms with E-state index >= 15 is 0 Å². The van der Waals surface area contributed by atoms with Gasteiger partial charge in [0.2, 0.25) is 0 Å². The van der Waals surface area contributed by atoms with Crippen LogP contribution in [0.1, 0.15) is 27.7 Å². The molecule has 1 heteroatoms. The van der Waals surface area contributed by atoms with E-state index in [9.17, 15) is 0 Å². The maximum absolute atomic E-state index is 3.67. The van der Waals surface area contributed by atoms with Crippen LogP contribution in [0, 0.1) is 5.41 Å². The summed E-state index contributed by atoms with van der Waals surface area (Å²) in [5, 5.41) is 0. The second-order valence-corrected chi connectivity index (χ2v) is 3.49. The van der Waals surface area contributed by atoms with E-state index in [0.717, 1.165) is 0 Å². The smallest absolute Gasteiger partial charge is 0.0263 e. The summed E-state index contributed by atoms with van der Waals surface area (Å²) in [6, 6.07) is 0. The lowest BCUT2D eigenvalue weighted by Gasteiger charge is -2.19. The second-order valence-electron chi connectivity index (χ2n) is 3.49. The van der Waals surface area contributed by atoms with Crippen molar-refractivity contribution in [3.8, 4) is 0 Å². The van der Waals surface area contributed by atoms with Gasteiger partial charge in [-0.1, -0.05) is 26.8 Å². The molecule has 0 aromatic carbocycles. The van der Waals surface area contributed by atoms with Crippen LogP contribution < -0.4 is 0 Å². The molecule has 0 unspecified atom stereocenters. The molecule has 11 heavy (non-hydrogen) atoms. The molecule has 0 saturated carbocycles. The van der Waals surface area contributed by atoms with E-state index in [4.69, 9.17) is 0 Å². The second kappa shape index (κ2) is 4.12. The summed E-state index contributed by atoms with van der Waals surface area (Å²) >= 11 is 0. The number of allylic oxidation sites excluding steroid dienone is 3. The molecule has 0 N–H and O–H groups in total. The first kappa shape index (κ1) is 10.2. The average Bonchev–Trinajstić information content (AvgIpc) is 1.87. The summed E-state index contributed by atoms with van der Waals surface area (Å²) in [6.45, 7) is 11.9. The van der Waals surface area contributed by atoms with E-state index in [-0.39, 0.29) is 5.41 Å². The lowest BCUT2D eigenvalue weighted by Crippen LogP contribution is -2.06. The minimum Gasteiger partial charge on any atom is -0.273 e. The standard InChI is InChI=1S/C10H17N/c1-6-9(7-8-11-5)10(2,3)4/h6-8H,5H2,1-4H3/b8-7-,9-6+. The summed E-state index contributed by atoms with van der Waals surface area (Å²) in [6.07, 6.45) is 5.81. The van der Waals surface area contributed by atoms with Gasteiger partial charge in [0.1, 0.15) is 0 Å². The van der Waals surface area contributed by atoms with Crippen molar-refractivity contribution in [3.63, 3.8) is 0 Å². The quantitative estimate of drug-likeness (QED) is 0.424. The zero-order valence-electron chi connectivity index (χ0n) is 7.89. The Balaban J connectivity index is 4.45. The first-order chi connectivity index (χ1) is 5.02. The summed E-state index contributed by atoms with van der Waals surface area (Å²) < 4.78 is 0. The molecule has 0 aromatic rings. The Morgan fingerprint density at radius 3 is 2.18 bits per heavy atom. The van der Waals surface area contributed by atoms with Crippen molar-refractivity contribution < 1.29 is 0 Å². The molecule has 0 aromatic heterocycles. The fourth-order valence-corrected chi connectivity index (χ4v) is 0.912. The number of hydrogen-bond acceptors (Lipinski definition) is 1. The van der Waals surface area contributed by atoms with E-state index in [1.165, 1.54) is 5.57 Å². The Kier molecular flexibility index (Phi) is 3.80. The first-order valence-corrected chi connectivity index (χ1v) is 3.81. The molecule has 0 spiro atoms. The molecule has 62 valence electrons. The van der Waals surface area contributed by atoms with E-state index < -0.39 is 0 Å². The average molecular weight is 151 g/mol. The van der Waals surface area contributed by atoms with Crippen molar-refractivity contribution in [1.82, 2.24) is 0 Å². The van der Waals surface area contributed by atoms with E-state index in [1.807, 2.05) is 13.0 Å². The lowest BCUT2D eigenvalue weighted by atomic mass is 9.86. The van der Waals surface area contributed by atoms with E-state index in [0.29, 0.717) is 0 Å². The molecular weight excluding hydrogens is 134 g/mol. The highest BCUT2D eigenvalue weighted by molar-refractivity contribution is 5.29. The van der Waals surface area contributed by atoms with Crippen molar-refractivity contribution in [2.24, 2.45) is 10.4 Å². The predicted octanol–water partition coefficient (Wildman–Crippen LogP) is 3.19. The molecule has 0 rings (SSSR count). The highest BCUT2D eigenvalue weighted by atomic mass is 14.6. The summed E-state index contributed by atoms with van der Waals surface area (Å²) in [5.41, 5.74) is 1.49. The summed E-state index contributed by atoms with van der Waals surface area (Å²) in [5.74, 6) is 0. The van der Waals surface area contributed by atoms with Gasteiger partial charge in [-0.25, -0.2) is 0 Å². The molecule has 0 aliphatic heterocycles. The van der Waals surface area contributed by atoms with Gasteiger partial charge in [-0.3, -0.25) is 4.99 Å². The number of aliphatic imine (C=N–C) groups is 1. The highest BCUT2D eigenvalue weighted by Crippen LogP contribution is 2.25. The predicted molar refractivity (Wildman–Crippen MR) is 51.9 cm³/mol. The van der Waals surface area contributed by atoms with Crippen molar-refractivity contribution >= 4 is 6.72 Å². The van der Waals surface area contributed by atoms with Gasteiger partial charge in [-0.2, -0.15) is 0 Å².